The Morgan fingerprint density at radius 2 is 2.21 bits per heavy atom. The molecule has 0 amide bonds. The fourth-order valence-corrected chi connectivity index (χ4v) is 2.71. The van der Waals surface area contributed by atoms with E-state index in [1.807, 2.05) is 23.4 Å². The Bertz CT molecular complexity index is 403. The van der Waals surface area contributed by atoms with Gasteiger partial charge in [0.15, 0.2) is 5.78 Å². The SMILES string of the molecule is CCCCN(C)CC(CC(=O)O)C(=O)c1cccs1. The van der Waals surface area contributed by atoms with Crippen LogP contribution in [-0.4, -0.2) is 41.9 Å². The maximum Gasteiger partial charge on any atom is 0.304 e. The lowest BCUT2D eigenvalue weighted by Crippen LogP contribution is -2.32. The van der Waals surface area contributed by atoms with Gasteiger partial charge in [-0.2, -0.15) is 0 Å². The van der Waals surface area contributed by atoms with Crippen LogP contribution in [0.25, 0.3) is 0 Å². The zero-order valence-electron chi connectivity index (χ0n) is 11.5. The van der Waals surface area contributed by atoms with Gasteiger partial charge < -0.3 is 10.0 Å². The molecule has 0 radical (unpaired) electrons. The third kappa shape index (κ3) is 5.53. The molecule has 1 heterocycles. The third-order valence-electron chi connectivity index (χ3n) is 2.98. The smallest absolute Gasteiger partial charge is 0.304 e. The van der Waals surface area contributed by atoms with E-state index in [-0.39, 0.29) is 12.2 Å². The molecule has 1 aromatic heterocycles. The summed E-state index contributed by atoms with van der Waals surface area (Å²) in [6.07, 6.45) is 2.05. The second-order valence-electron chi connectivity index (χ2n) is 4.75. The number of carbonyl (C=O) groups is 2. The molecule has 0 aliphatic carbocycles. The van der Waals surface area contributed by atoms with Crippen LogP contribution in [0.15, 0.2) is 17.5 Å². The molecule has 0 bridgehead atoms. The Morgan fingerprint density at radius 3 is 2.74 bits per heavy atom. The first-order valence-electron chi connectivity index (χ1n) is 6.52. The van der Waals surface area contributed by atoms with Crippen LogP contribution in [-0.2, 0) is 4.79 Å². The molecule has 0 fully saturated rings. The summed E-state index contributed by atoms with van der Waals surface area (Å²) in [6.45, 7) is 3.51. The normalized spacial score (nSPS) is 12.6. The van der Waals surface area contributed by atoms with E-state index in [1.165, 1.54) is 11.3 Å². The maximum absolute atomic E-state index is 12.3. The third-order valence-corrected chi connectivity index (χ3v) is 3.87. The summed E-state index contributed by atoms with van der Waals surface area (Å²) in [4.78, 5) is 25.9. The number of carboxylic acid groups (broad SMARTS) is 1. The number of aliphatic carboxylic acids is 1. The lowest BCUT2D eigenvalue weighted by atomic mass is 9.98. The topological polar surface area (TPSA) is 57.6 Å². The minimum atomic E-state index is -0.918. The van der Waals surface area contributed by atoms with Crippen molar-refractivity contribution in [3.63, 3.8) is 0 Å². The molecule has 1 unspecified atom stereocenters. The number of carbonyl (C=O) groups excluding carboxylic acids is 1. The van der Waals surface area contributed by atoms with Gasteiger partial charge in [-0.1, -0.05) is 19.4 Å². The second-order valence-corrected chi connectivity index (χ2v) is 5.70. The van der Waals surface area contributed by atoms with Crippen LogP contribution in [0, 0.1) is 5.92 Å². The van der Waals surface area contributed by atoms with Crippen molar-refractivity contribution in [3.05, 3.63) is 22.4 Å². The Morgan fingerprint density at radius 1 is 1.47 bits per heavy atom. The molecule has 1 N–H and O–H groups in total. The van der Waals surface area contributed by atoms with Crippen molar-refractivity contribution in [1.82, 2.24) is 4.90 Å². The van der Waals surface area contributed by atoms with E-state index in [0.29, 0.717) is 11.4 Å². The highest BCUT2D eigenvalue weighted by Crippen LogP contribution is 2.18. The highest BCUT2D eigenvalue weighted by atomic mass is 32.1. The Labute approximate surface area is 118 Å². The Kier molecular flexibility index (Phi) is 6.73. The van der Waals surface area contributed by atoms with Crippen molar-refractivity contribution in [3.8, 4) is 0 Å². The molecule has 0 saturated heterocycles. The van der Waals surface area contributed by atoms with Gasteiger partial charge >= 0.3 is 5.97 Å². The molecule has 106 valence electrons. The molecule has 1 rings (SSSR count). The molecule has 0 aliphatic rings. The molecule has 0 aliphatic heterocycles. The van der Waals surface area contributed by atoms with Crippen molar-refractivity contribution >= 4 is 23.1 Å². The van der Waals surface area contributed by atoms with Gasteiger partial charge in [-0.3, -0.25) is 9.59 Å². The van der Waals surface area contributed by atoms with Gasteiger partial charge in [-0.15, -0.1) is 11.3 Å². The van der Waals surface area contributed by atoms with E-state index in [4.69, 9.17) is 5.11 Å². The molecule has 5 heteroatoms. The first kappa shape index (κ1) is 15.9. The van der Waals surface area contributed by atoms with Crippen molar-refractivity contribution in [2.24, 2.45) is 5.92 Å². The summed E-state index contributed by atoms with van der Waals surface area (Å²) < 4.78 is 0. The number of carboxylic acids is 1. The number of Topliss-reactive ketones (excluding diaryl/α,β-unsaturated/α-hetero) is 1. The van der Waals surface area contributed by atoms with E-state index in [0.717, 1.165) is 19.4 Å². The largest absolute Gasteiger partial charge is 0.481 e. The number of nitrogens with zero attached hydrogens (tertiary/aromatic N) is 1. The number of hydrogen-bond acceptors (Lipinski definition) is 4. The van der Waals surface area contributed by atoms with Crippen LogP contribution >= 0.6 is 11.3 Å². The Balaban J connectivity index is 2.66. The van der Waals surface area contributed by atoms with Crippen molar-refractivity contribution < 1.29 is 14.7 Å². The standard InChI is InChI=1S/C14H21NO3S/c1-3-4-7-15(2)10-11(9-13(16)17)14(18)12-6-5-8-19-12/h5-6,8,11H,3-4,7,9-10H2,1-2H3,(H,16,17). The zero-order chi connectivity index (χ0) is 14.3. The number of thiophene rings is 1. The quantitative estimate of drug-likeness (QED) is 0.708. The van der Waals surface area contributed by atoms with Gasteiger partial charge in [0.25, 0.3) is 0 Å². The number of unbranched alkanes of at least 4 members (excludes halogenated alkanes) is 1. The molecule has 0 spiro atoms. The van der Waals surface area contributed by atoms with Gasteiger partial charge in [-0.25, -0.2) is 0 Å². The van der Waals surface area contributed by atoms with Gasteiger partial charge in [0.2, 0.25) is 0 Å². The highest BCUT2D eigenvalue weighted by molar-refractivity contribution is 7.12. The molecular formula is C14H21NO3S. The average Bonchev–Trinajstić information content (AvgIpc) is 2.87. The van der Waals surface area contributed by atoms with Gasteiger partial charge in [0.05, 0.1) is 11.3 Å². The van der Waals surface area contributed by atoms with E-state index in [1.54, 1.807) is 6.07 Å². The minimum Gasteiger partial charge on any atom is -0.481 e. The number of rotatable bonds is 9. The first-order chi connectivity index (χ1) is 9.04. The number of hydrogen-bond donors (Lipinski definition) is 1. The summed E-state index contributed by atoms with van der Waals surface area (Å²) in [5, 5.41) is 10.8. The van der Waals surface area contributed by atoms with E-state index in [9.17, 15) is 9.59 Å². The van der Waals surface area contributed by atoms with E-state index < -0.39 is 11.9 Å². The van der Waals surface area contributed by atoms with Crippen molar-refractivity contribution in [2.45, 2.75) is 26.2 Å². The van der Waals surface area contributed by atoms with E-state index >= 15 is 0 Å². The monoisotopic (exact) mass is 283 g/mol. The molecule has 19 heavy (non-hydrogen) atoms. The molecule has 0 saturated carbocycles. The summed E-state index contributed by atoms with van der Waals surface area (Å²) in [7, 11) is 1.94. The molecular weight excluding hydrogens is 262 g/mol. The van der Waals surface area contributed by atoms with Crippen LogP contribution in [0.3, 0.4) is 0 Å². The van der Waals surface area contributed by atoms with Crippen molar-refractivity contribution in [1.29, 1.82) is 0 Å². The van der Waals surface area contributed by atoms with E-state index in [2.05, 4.69) is 6.92 Å². The second kappa shape index (κ2) is 8.07. The summed E-state index contributed by atoms with van der Waals surface area (Å²) in [6, 6.07) is 3.57. The van der Waals surface area contributed by atoms with Crippen LogP contribution in [0.5, 0.6) is 0 Å². The Hall–Kier alpha value is -1.20. The zero-order valence-corrected chi connectivity index (χ0v) is 12.3. The van der Waals surface area contributed by atoms with Crippen LogP contribution in [0.2, 0.25) is 0 Å². The molecule has 1 atom stereocenters. The average molecular weight is 283 g/mol. The van der Waals surface area contributed by atoms with Crippen LogP contribution in [0.4, 0.5) is 0 Å². The highest BCUT2D eigenvalue weighted by Gasteiger charge is 2.24. The molecule has 4 nitrogen and oxygen atoms in total. The lowest BCUT2D eigenvalue weighted by molar-refractivity contribution is -0.137. The van der Waals surface area contributed by atoms with Gasteiger partial charge in [-0.05, 0) is 31.5 Å². The van der Waals surface area contributed by atoms with Crippen molar-refractivity contribution in [2.75, 3.05) is 20.1 Å². The lowest BCUT2D eigenvalue weighted by Gasteiger charge is -2.21. The fraction of sp³-hybridized carbons (Fsp3) is 0.571. The van der Waals surface area contributed by atoms with Gasteiger partial charge in [0, 0.05) is 12.5 Å². The fourth-order valence-electron chi connectivity index (χ4n) is 1.97. The maximum atomic E-state index is 12.3. The summed E-state index contributed by atoms with van der Waals surface area (Å²) >= 11 is 1.37. The predicted molar refractivity (Wildman–Crippen MR) is 76.8 cm³/mol. The van der Waals surface area contributed by atoms with Crippen LogP contribution in [0.1, 0.15) is 35.9 Å². The predicted octanol–water partition coefficient (Wildman–Crippen LogP) is 2.75. The minimum absolute atomic E-state index is 0.0549. The van der Waals surface area contributed by atoms with Crippen LogP contribution < -0.4 is 0 Å². The summed E-state index contributed by atoms with van der Waals surface area (Å²) in [5.74, 6) is -1.43. The molecule has 1 aromatic rings. The summed E-state index contributed by atoms with van der Waals surface area (Å²) in [5.41, 5.74) is 0. The number of ketones is 1. The van der Waals surface area contributed by atoms with Gasteiger partial charge in [0.1, 0.15) is 0 Å². The first-order valence-corrected chi connectivity index (χ1v) is 7.40. The molecule has 0 aromatic carbocycles.